The molecule has 0 aliphatic carbocycles. The standard InChI is InChI=1S/C12H23N3O2/c16-11(17)8-12(9-13-10-12)14-4-3-7-15-5-1-2-6-15/h13-14H,1-10H2,(H,16,17). The molecule has 2 aliphatic heterocycles. The van der Waals surface area contributed by atoms with E-state index in [1.807, 2.05) is 0 Å². The SMILES string of the molecule is O=C(O)CC1(NCCCN2CCCC2)CNC1. The molecule has 2 aliphatic rings. The molecule has 0 radical (unpaired) electrons. The van der Waals surface area contributed by atoms with Gasteiger partial charge < -0.3 is 20.6 Å². The Balaban J connectivity index is 1.61. The van der Waals surface area contributed by atoms with Crippen LogP contribution in [0.2, 0.25) is 0 Å². The lowest BCUT2D eigenvalue weighted by Gasteiger charge is -2.42. The van der Waals surface area contributed by atoms with Crippen molar-refractivity contribution < 1.29 is 9.90 Å². The van der Waals surface area contributed by atoms with Gasteiger partial charge >= 0.3 is 5.97 Å². The Bertz CT molecular complexity index is 260. The van der Waals surface area contributed by atoms with E-state index in [4.69, 9.17) is 5.11 Å². The fourth-order valence-electron chi connectivity index (χ4n) is 2.69. The van der Waals surface area contributed by atoms with Crippen LogP contribution in [-0.2, 0) is 4.79 Å². The molecule has 98 valence electrons. The highest BCUT2D eigenvalue weighted by molar-refractivity contribution is 5.68. The molecule has 0 bridgehead atoms. The van der Waals surface area contributed by atoms with Gasteiger partial charge in [-0.3, -0.25) is 4.79 Å². The third-order valence-corrected chi connectivity index (χ3v) is 3.77. The zero-order valence-electron chi connectivity index (χ0n) is 10.4. The number of nitrogens with zero attached hydrogens (tertiary/aromatic N) is 1. The number of nitrogens with one attached hydrogen (secondary N) is 2. The number of likely N-dealkylation sites (tertiary alicyclic amines) is 1. The second-order valence-electron chi connectivity index (χ2n) is 5.28. The molecule has 0 saturated carbocycles. The van der Waals surface area contributed by atoms with E-state index in [-0.39, 0.29) is 12.0 Å². The maximum atomic E-state index is 10.8. The number of aliphatic carboxylic acids is 1. The summed E-state index contributed by atoms with van der Waals surface area (Å²) in [4.78, 5) is 13.3. The van der Waals surface area contributed by atoms with Crippen molar-refractivity contribution in [2.45, 2.75) is 31.2 Å². The molecular weight excluding hydrogens is 218 g/mol. The summed E-state index contributed by atoms with van der Waals surface area (Å²) in [5.41, 5.74) is -0.184. The van der Waals surface area contributed by atoms with Crippen molar-refractivity contribution in [1.82, 2.24) is 15.5 Å². The van der Waals surface area contributed by atoms with Crippen molar-refractivity contribution in [2.24, 2.45) is 0 Å². The van der Waals surface area contributed by atoms with Gasteiger partial charge in [-0.1, -0.05) is 0 Å². The first kappa shape index (κ1) is 12.8. The Morgan fingerprint density at radius 3 is 2.59 bits per heavy atom. The predicted octanol–water partition coefficient (Wildman–Crippen LogP) is -0.121. The van der Waals surface area contributed by atoms with Crippen molar-refractivity contribution in [3.63, 3.8) is 0 Å². The van der Waals surface area contributed by atoms with Crippen LogP contribution >= 0.6 is 0 Å². The summed E-state index contributed by atoms with van der Waals surface area (Å²) in [6, 6.07) is 0. The van der Waals surface area contributed by atoms with E-state index in [1.54, 1.807) is 0 Å². The first-order valence-corrected chi connectivity index (χ1v) is 6.60. The largest absolute Gasteiger partial charge is 0.481 e. The first-order chi connectivity index (χ1) is 8.20. The number of hydrogen-bond donors (Lipinski definition) is 3. The Morgan fingerprint density at radius 1 is 1.35 bits per heavy atom. The lowest BCUT2D eigenvalue weighted by atomic mass is 9.88. The maximum Gasteiger partial charge on any atom is 0.305 e. The van der Waals surface area contributed by atoms with Crippen LogP contribution in [0.3, 0.4) is 0 Å². The van der Waals surface area contributed by atoms with Gasteiger partial charge in [-0.15, -0.1) is 0 Å². The van der Waals surface area contributed by atoms with Crippen LogP contribution in [-0.4, -0.2) is 60.8 Å². The monoisotopic (exact) mass is 241 g/mol. The van der Waals surface area contributed by atoms with E-state index in [9.17, 15) is 4.79 Å². The summed E-state index contributed by atoms with van der Waals surface area (Å²) in [5, 5.41) is 15.4. The highest BCUT2D eigenvalue weighted by atomic mass is 16.4. The van der Waals surface area contributed by atoms with Gasteiger partial charge in [0.2, 0.25) is 0 Å². The van der Waals surface area contributed by atoms with Crippen LogP contribution in [0, 0.1) is 0 Å². The molecule has 0 aromatic rings. The maximum absolute atomic E-state index is 10.8. The minimum Gasteiger partial charge on any atom is -0.481 e. The lowest BCUT2D eigenvalue weighted by Crippen LogP contribution is -2.68. The molecule has 2 heterocycles. The zero-order valence-corrected chi connectivity index (χ0v) is 10.4. The first-order valence-electron chi connectivity index (χ1n) is 6.60. The Morgan fingerprint density at radius 2 is 2.06 bits per heavy atom. The van der Waals surface area contributed by atoms with Crippen LogP contribution in [0.1, 0.15) is 25.7 Å². The number of rotatable bonds is 7. The summed E-state index contributed by atoms with van der Waals surface area (Å²) in [7, 11) is 0. The van der Waals surface area contributed by atoms with Crippen LogP contribution < -0.4 is 10.6 Å². The third kappa shape index (κ3) is 3.66. The van der Waals surface area contributed by atoms with E-state index < -0.39 is 5.97 Å². The topological polar surface area (TPSA) is 64.6 Å². The molecule has 0 aromatic heterocycles. The average molecular weight is 241 g/mol. The fraction of sp³-hybridized carbons (Fsp3) is 0.917. The van der Waals surface area contributed by atoms with Crippen LogP contribution in [0.15, 0.2) is 0 Å². The second-order valence-corrected chi connectivity index (χ2v) is 5.28. The summed E-state index contributed by atoms with van der Waals surface area (Å²) < 4.78 is 0. The van der Waals surface area contributed by atoms with E-state index >= 15 is 0 Å². The molecule has 17 heavy (non-hydrogen) atoms. The summed E-state index contributed by atoms with van der Waals surface area (Å²) in [5.74, 6) is -0.710. The van der Waals surface area contributed by atoms with Gasteiger partial charge in [0.25, 0.3) is 0 Å². The molecule has 5 heteroatoms. The van der Waals surface area contributed by atoms with Gasteiger partial charge in [-0.2, -0.15) is 0 Å². The number of hydrogen-bond acceptors (Lipinski definition) is 4. The molecule has 2 fully saturated rings. The molecule has 2 rings (SSSR count). The molecule has 0 spiro atoms. The Labute approximate surface area is 103 Å². The smallest absolute Gasteiger partial charge is 0.305 e. The molecule has 2 saturated heterocycles. The second kappa shape index (κ2) is 5.80. The average Bonchev–Trinajstić information content (AvgIpc) is 2.72. The van der Waals surface area contributed by atoms with Gasteiger partial charge in [0.05, 0.1) is 12.0 Å². The lowest BCUT2D eigenvalue weighted by molar-refractivity contribution is -0.139. The molecule has 5 nitrogen and oxygen atoms in total. The molecule has 0 aromatic carbocycles. The molecular formula is C12H23N3O2. The van der Waals surface area contributed by atoms with Crippen molar-refractivity contribution in [3.8, 4) is 0 Å². The van der Waals surface area contributed by atoms with Crippen LogP contribution in [0.25, 0.3) is 0 Å². The van der Waals surface area contributed by atoms with Gasteiger partial charge in [-0.05, 0) is 45.4 Å². The minimum absolute atomic E-state index is 0.184. The molecule has 0 amide bonds. The highest BCUT2D eigenvalue weighted by Gasteiger charge is 2.38. The van der Waals surface area contributed by atoms with Crippen molar-refractivity contribution >= 4 is 5.97 Å². The number of carbonyl (C=O) groups is 1. The third-order valence-electron chi connectivity index (χ3n) is 3.77. The summed E-state index contributed by atoms with van der Waals surface area (Å²) in [6.45, 7) is 6.10. The van der Waals surface area contributed by atoms with Crippen molar-refractivity contribution in [1.29, 1.82) is 0 Å². The van der Waals surface area contributed by atoms with Crippen LogP contribution in [0.4, 0.5) is 0 Å². The van der Waals surface area contributed by atoms with Crippen molar-refractivity contribution in [3.05, 3.63) is 0 Å². The normalized spacial score (nSPS) is 23.5. The van der Waals surface area contributed by atoms with Gasteiger partial charge in [0.1, 0.15) is 0 Å². The van der Waals surface area contributed by atoms with Gasteiger partial charge in [0, 0.05) is 13.1 Å². The number of carboxylic acids is 1. The number of carboxylic acid groups (broad SMARTS) is 1. The van der Waals surface area contributed by atoms with Gasteiger partial charge in [0.15, 0.2) is 0 Å². The predicted molar refractivity (Wildman–Crippen MR) is 66.1 cm³/mol. The Hall–Kier alpha value is -0.650. The quantitative estimate of drug-likeness (QED) is 0.542. The van der Waals surface area contributed by atoms with E-state index in [0.717, 1.165) is 32.6 Å². The van der Waals surface area contributed by atoms with Crippen molar-refractivity contribution in [2.75, 3.05) is 39.3 Å². The van der Waals surface area contributed by atoms with E-state index in [2.05, 4.69) is 15.5 Å². The minimum atomic E-state index is -0.710. The molecule has 3 N–H and O–H groups in total. The Kier molecular flexibility index (Phi) is 4.36. The zero-order chi connectivity index (χ0) is 12.1. The van der Waals surface area contributed by atoms with E-state index in [0.29, 0.717) is 0 Å². The van der Waals surface area contributed by atoms with E-state index in [1.165, 1.54) is 25.9 Å². The fourth-order valence-corrected chi connectivity index (χ4v) is 2.69. The summed E-state index contributed by atoms with van der Waals surface area (Å²) in [6.07, 6.45) is 4.01. The molecule has 0 unspecified atom stereocenters. The summed E-state index contributed by atoms with van der Waals surface area (Å²) >= 11 is 0. The van der Waals surface area contributed by atoms with Gasteiger partial charge in [-0.25, -0.2) is 0 Å². The molecule has 0 atom stereocenters. The van der Waals surface area contributed by atoms with Crippen LogP contribution in [0.5, 0.6) is 0 Å². The highest BCUT2D eigenvalue weighted by Crippen LogP contribution is 2.16.